The first-order valence-corrected chi connectivity index (χ1v) is 3.95. The number of carbonyl (C=O) groups is 1. The molecule has 0 radical (unpaired) electrons. The average Bonchev–Trinajstić information content (AvgIpc) is 1.85. The normalized spacial score (nSPS) is 13.7. The molecule has 0 spiro atoms. The van der Waals surface area contributed by atoms with Crippen LogP contribution in [0.2, 0.25) is 0 Å². The van der Waals surface area contributed by atoms with Gasteiger partial charge in [0.05, 0.1) is 11.9 Å². The van der Waals surface area contributed by atoms with E-state index in [1.54, 1.807) is 0 Å². The topological polar surface area (TPSA) is 43.1 Å². The molecule has 0 rings (SSSR count). The summed E-state index contributed by atoms with van der Waals surface area (Å²) in [6.45, 7) is 4.06. The molecule has 0 aromatic heterocycles. The second-order valence-electron chi connectivity index (χ2n) is 2.84. The van der Waals surface area contributed by atoms with Crippen molar-refractivity contribution in [2.45, 2.75) is 26.3 Å². The fourth-order valence-electron chi connectivity index (χ4n) is 0.738. The molecule has 1 atom stereocenters. The van der Waals surface area contributed by atoms with Crippen molar-refractivity contribution in [1.82, 2.24) is 0 Å². The largest absolute Gasteiger partial charge is 0.321 e. The van der Waals surface area contributed by atoms with Gasteiger partial charge in [0.25, 0.3) is 0 Å². The lowest BCUT2D eigenvalue weighted by Crippen LogP contribution is -2.32. The number of halogens is 1. The molecule has 3 heteroatoms. The van der Waals surface area contributed by atoms with Gasteiger partial charge in [0.2, 0.25) is 0 Å². The molecule has 10 heavy (non-hydrogen) atoms. The Labute approximate surface area is 66.7 Å². The highest BCUT2D eigenvalue weighted by molar-refractivity contribution is 6.28. The molecule has 0 bridgehead atoms. The Morgan fingerprint density at radius 1 is 1.60 bits per heavy atom. The lowest BCUT2D eigenvalue weighted by Gasteiger charge is -2.10. The van der Waals surface area contributed by atoms with Gasteiger partial charge in [-0.25, -0.2) is 0 Å². The molecule has 0 aromatic rings. The number of nitrogens with two attached hydrogens (primary N) is 1. The zero-order valence-electron chi connectivity index (χ0n) is 6.43. The average molecular weight is 164 g/mol. The molecule has 2 N–H and O–H groups in total. The van der Waals surface area contributed by atoms with Crippen LogP contribution in [0, 0.1) is 5.92 Å². The van der Waals surface area contributed by atoms with Crippen molar-refractivity contribution in [2.75, 3.05) is 5.88 Å². The summed E-state index contributed by atoms with van der Waals surface area (Å²) < 4.78 is 0. The first-order valence-electron chi connectivity index (χ1n) is 3.42. The molecule has 0 saturated heterocycles. The minimum atomic E-state index is -0.363. The van der Waals surface area contributed by atoms with Crippen LogP contribution in [0.3, 0.4) is 0 Å². The Kier molecular flexibility index (Phi) is 4.65. The summed E-state index contributed by atoms with van der Waals surface area (Å²) in [5.74, 6) is 0.436. The minimum absolute atomic E-state index is 0.0356. The maximum atomic E-state index is 10.8. The molecule has 2 nitrogen and oxygen atoms in total. The Bertz CT molecular complexity index is 114. The van der Waals surface area contributed by atoms with Crippen LogP contribution < -0.4 is 5.73 Å². The second-order valence-corrected chi connectivity index (χ2v) is 3.10. The van der Waals surface area contributed by atoms with E-state index in [4.69, 9.17) is 17.3 Å². The van der Waals surface area contributed by atoms with Crippen LogP contribution in [0.4, 0.5) is 0 Å². The molecule has 0 fully saturated rings. The maximum absolute atomic E-state index is 10.8. The van der Waals surface area contributed by atoms with E-state index in [1.165, 1.54) is 0 Å². The number of hydrogen-bond acceptors (Lipinski definition) is 2. The van der Waals surface area contributed by atoms with Gasteiger partial charge in [-0.15, -0.1) is 11.6 Å². The summed E-state index contributed by atoms with van der Waals surface area (Å²) in [6.07, 6.45) is 0.728. The summed E-state index contributed by atoms with van der Waals surface area (Å²) in [4.78, 5) is 10.8. The van der Waals surface area contributed by atoms with Gasteiger partial charge >= 0.3 is 0 Å². The van der Waals surface area contributed by atoms with Crippen molar-refractivity contribution in [3.05, 3.63) is 0 Å². The summed E-state index contributed by atoms with van der Waals surface area (Å²) >= 11 is 5.30. The number of carbonyl (C=O) groups excluding carboxylic acids is 1. The highest BCUT2D eigenvalue weighted by atomic mass is 35.5. The Morgan fingerprint density at radius 2 is 2.10 bits per heavy atom. The molecular weight excluding hydrogens is 150 g/mol. The van der Waals surface area contributed by atoms with Gasteiger partial charge in [-0.05, 0) is 12.3 Å². The van der Waals surface area contributed by atoms with Gasteiger partial charge in [0.15, 0.2) is 5.78 Å². The van der Waals surface area contributed by atoms with Crippen molar-refractivity contribution in [1.29, 1.82) is 0 Å². The van der Waals surface area contributed by atoms with E-state index in [2.05, 4.69) is 0 Å². The molecule has 0 aromatic carbocycles. The van der Waals surface area contributed by atoms with Crippen molar-refractivity contribution < 1.29 is 4.79 Å². The van der Waals surface area contributed by atoms with E-state index >= 15 is 0 Å². The van der Waals surface area contributed by atoms with Gasteiger partial charge in [0.1, 0.15) is 0 Å². The molecule has 0 amide bonds. The molecule has 0 aliphatic carbocycles. The maximum Gasteiger partial charge on any atom is 0.164 e. The lowest BCUT2D eigenvalue weighted by atomic mass is 10.0. The third kappa shape index (κ3) is 3.85. The van der Waals surface area contributed by atoms with Crippen LogP contribution in [-0.2, 0) is 4.79 Å². The van der Waals surface area contributed by atoms with Crippen LogP contribution in [0.25, 0.3) is 0 Å². The highest BCUT2D eigenvalue weighted by Crippen LogP contribution is 2.03. The van der Waals surface area contributed by atoms with E-state index in [9.17, 15) is 4.79 Å². The molecular formula is C7H14ClNO. The third-order valence-corrected chi connectivity index (χ3v) is 1.53. The third-order valence-electron chi connectivity index (χ3n) is 1.27. The van der Waals surface area contributed by atoms with Gasteiger partial charge < -0.3 is 5.73 Å². The van der Waals surface area contributed by atoms with E-state index in [0.29, 0.717) is 5.92 Å². The molecule has 1 unspecified atom stereocenters. The summed E-state index contributed by atoms with van der Waals surface area (Å²) in [6, 6.07) is -0.363. The zero-order chi connectivity index (χ0) is 8.15. The predicted octanol–water partition coefficient (Wildman–Crippen LogP) is 1.17. The molecule has 0 aliphatic rings. The van der Waals surface area contributed by atoms with Crippen LogP contribution in [0.1, 0.15) is 20.3 Å². The smallest absolute Gasteiger partial charge is 0.164 e. The van der Waals surface area contributed by atoms with Crippen LogP contribution in [0.5, 0.6) is 0 Å². The standard InChI is InChI=1S/C7H14ClNO/c1-5(2)3-6(9)7(10)4-8/h5-6H,3-4,9H2,1-2H3. The number of hydrogen-bond donors (Lipinski definition) is 1. The molecule has 0 heterocycles. The monoisotopic (exact) mass is 163 g/mol. The number of rotatable bonds is 4. The summed E-state index contributed by atoms with van der Waals surface area (Å²) in [5.41, 5.74) is 5.49. The Morgan fingerprint density at radius 3 is 2.40 bits per heavy atom. The van der Waals surface area contributed by atoms with Gasteiger partial charge in [-0.3, -0.25) is 4.79 Å². The van der Waals surface area contributed by atoms with Crippen LogP contribution in [0.15, 0.2) is 0 Å². The van der Waals surface area contributed by atoms with Gasteiger partial charge in [0, 0.05) is 0 Å². The lowest BCUT2D eigenvalue weighted by molar-refractivity contribution is -0.118. The van der Waals surface area contributed by atoms with E-state index in [0.717, 1.165) is 6.42 Å². The Hall–Kier alpha value is -0.0800. The van der Waals surface area contributed by atoms with Gasteiger partial charge in [-0.2, -0.15) is 0 Å². The SMILES string of the molecule is CC(C)CC(N)C(=O)CCl. The first kappa shape index (κ1) is 9.92. The minimum Gasteiger partial charge on any atom is -0.321 e. The Balaban J connectivity index is 3.61. The first-order chi connectivity index (χ1) is 4.57. The second kappa shape index (κ2) is 4.69. The molecule has 0 saturated carbocycles. The van der Waals surface area contributed by atoms with E-state index in [1.807, 2.05) is 13.8 Å². The van der Waals surface area contributed by atoms with E-state index < -0.39 is 0 Å². The summed E-state index contributed by atoms with van der Waals surface area (Å²) in [5, 5.41) is 0. The van der Waals surface area contributed by atoms with Crippen molar-refractivity contribution in [3.63, 3.8) is 0 Å². The predicted molar refractivity (Wildman–Crippen MR) is 43.2 cm³/mol. The zero-order valence-corrected chi connectivity index (χ0v) is 7.19. The number of alkyl halides is 1. The number of ketones is 1. The van der Waals surface area contributed by atoms with Gasteiger partial charge in [-0.1, -0.05) is 13.8 Å². The highest BCUT2D eigenvalue weighted by Gasteiger charge is 2.12. The quantitative estimate of drug-likeness (QED) is 0.633. The van der Waals surface area contributed by atoms with Crippen molar-refractivity contribution >= 4 is 17.4 Å². The van der Waals surface area contributed by atoms with Crippen molar-refractivity contribution in [2.24, 2.45) is 11.7 Å². The molecule has 60 valence electrons. The van der Waals surface area contributed by atoms with Crippen LogP contribution >= 0.6 is 11.6 Å². The summed E-state index contributed by atoms with van der Waals surface area (Å²) in [7, 11) is 0. The van der Waals surface area contributed by atoms with Crippen LogP contribution in [-0.4, -0.2) is 17.7 Å². The number of Topliss-reactive ketones (excluding diaryl/α,β-unsaturated/α-hetero) is 1. The molecule has 0 aliphatic heterocycles. The fraction of sp³-hybridized carbons (Fsp3) is 0.857. The van der Waals surface area contributed by atoms with E-state index in [-0.39, 0.29) is 17.7 Å². The van der Waals surface area contributed by atoms with Crippen molar-refractivity contribution in [3.8, 4) is 0 Å². The fourth-order valence-corrected chi connectivity index (χ4v) is 0.937.